The zero-order valence-electron chi connectivity index (χ0n) is 11.4. The molecule has 1 unspecified atom stereocenters. The van der Waals surface area contributed by atoms with Crippen LogP contribution in [0.4, 0.5) is 0 Å². The molecule has 0 spiro atoms. The predicted molar refractivity (Wildman–Crippen MR) is 83.0 cm³/mol. The Morgan fingerprint density at radius 1 is 1.15 bits per heavy atom. The van der Waals surface area contributed by atoms with E-state index < -0.39 is 0 Å². The van der Waals surface area contributed by atoms with Gasteiger partial charge in [-0.1, -0.05) is 53.5 Å². The summed E-state index contributed by atoms with van der Waals surface area (Å²) >= 11 is 3.51. The van der Waals surface area contributed by atoms with Gasteiger partial charge in [-0.15, -0.1) is 0 Å². The number of halogens is 1. The minimum Gasteiger partial charge on any atom is -0.467 e. The van der Waals surface area contributed by atoms with E-state index in [2.05, 4.69) is 53.2 Å². The molecule has 3 heteroatoms. The Morgan fingerprint density at radius 3 is 2.70 bits per heavy atom. The van der Waals surface area contributed by atoms with E-state index in [9.17, 15) is 0 Å². The summed E-state index contributed by atoms with van der Waals surface area (Å²) in [5.74, 6) is 0.905. The maximum Gasteiger partial charge on any atom is 0.190 e. The first kappa shape index (κ1) is 13.7. The molecule has 3 rings (SSSR count). The van der Waals surface area contributed by atoms with Gasteiger partial charge in [0.25, 0.3) is 0 Å². The molecule has 1 aliphatic rings. The lowest BCUT2D eigenvalue weighted by Gasteiger charge is -2.27. The second-order valence-corrected chi connectivity index (χ2v) is 5.90. The van der Waals surface area contributed by atoms with Crippen molar-refractivity contribution in [2.45, 2.75) is 25.9 Å². The molecule has 0 saturated heterocycles. The highest BCUT2D eigenvalue weighted by atomic mass is 79.9. The maximum absolute atomic E-state index is 5.80. The number of fused-ring (bicyclic) bond motifs is 1. The number of aryl methyl sites for hydroxylation is 1. The molecule has 1 atom stereocenters. The van der Waals surface area contributed by atoms with E-state index in [1.807, 2.05) is 12.1 Å². The zero-order valence-corrected chi connectivity index (χ0v) is 13.0. The van der Waals surface area contributed by atoms with Gasteiger partial charge >= 0.3 is 0 Å². The van der Waals surface area contributed by atoms with E-state index in [-0.39, 0.29) is 6.10 Å². The summed E-state index contributed by atoms with van der Waals surface area (Å²) in [6.45, 7) is 2.50. The van der Waals surface area contributed by atoms with Gasteiger partial charge in [0.05, 0.1) is 0 Å². The Kier molecular flexibility index (Phi) is 4.08. The van der Waals surface area contributed by atoms with E-state index in [0.717, 1.165) is 22.2 Å². The first-order valence-corrected chi connectivity index (χ1v) is 7.70. The van der Waals surface area contributed by atoms with Crippen LogP contribution < -0.4 is 4.74 Å². The SMILES string of the molecule is CCCc1ccc(C2OCOc3ccc(Br)cc32)cc1. The van der Waals surface area contributed by atoms with Crippen molar-refractivity contribution < 1.29 is 9.47 Å². The molecule has 0 N–H and O–H groups in total. The van der Waals surface area contributed by atoms with Crippen LogP contribution in [0.1, 0.15) is 36.1 Å². The van der Waals surface area contributed by atoms with Crippen molar-refractivity contribution in [3.05, 3.63) is 63.6 Å². The standard InChI is InChI=1S/C17H17BrO2/c1-2-3-12-4-6-13(7-5-12)17-15-10-14(18)8-9-16(15)19-11-20-17/h4-10,17H,2-3,11H2,1H3. The number of benzene rings is 2. The predicted octanol–water partition coefficient (Wildman–Crippen LogP) is 4.86. The molecular formula is C17H17BrO2. The molecule has 2 aromatic carbocycles. The molecule has 1 aliphatic heterocycles. The first-order valence-electron chi connectivity index (χ1n) is 6.90. The van der Waals surface area contributed by atoms with Crippen molar-refractivity contribution in [1.82, 2.24) is 0 Å². The Labute approximate surface area is 127 Å². The summed E-state index contributed by atoms with van der Waals surface area (Å²) in [5.41, 5.74) is 3.62. The molecule has 0 aromatic heterocycles. The largest absolute Gasteiger partial charge is 0.467 e. The van der Waals surface area contributed by atoms with Crippen LogP contribution in [0.15, 0.2) is 46.9 Å². The van der Waals surface area contributed by atoms with Crippen LogP contribution in [-0.2, 0) is 11.2 Å². The van der Waals surface area contributed by atoms with Crippen LogP contribution in [0.2, 0.25) is 0 Å². The van der Waals surface area contributed by atoms with Crippen LogP contribution in [-0.4, -0.2) is 6.79 Å². The molecule has 2 aromatic rings. The quantitative estimate of drug-likeness (QED) is 0.799. The summed E-state index contributed by atoms with van der Waals surface area (Å²) in [4.78, 5) is 0. The maximum atomic E-state index is 5.80. The van der Waals surface area contributed by atoms with Gasteiger partial charge in [-0.2, -0.15) is 0 Å². The summed E-state index contributed by atoms with van der Waals surface area (Å²) in [6, 6.07) is 14.7. The van der Waals surface area contributed by atoms with Crippen molar-refractivity contribution in [2.24, 2.45) is 0 Å². The molecule has 0 bridgehead atoms. The smallest absolute Gasteiger partial charge is 0.190 e. The van der Waals surface area contributed by atoms with Gasteiger partial charge in [0.1, 0.15) is 11.9 Å². The molecule has 0 aliphatic carbocycles. The molecule has 1 heterocycles. The third kappa shape index (κ3) is 2.74. The van der Waals surface area contributed by atoms with Crippen molar-refractivity contribution >= 4 is 15.9 Å². The first-order chi connectivity index (χ1) is 9.78. The van der Waals surface area contributed by atoms with Gasteiger partial charge < -0.3 is 9.47 Å². The average Bonchev–Trinajstić information content (AvgIpc) is 2.48. The topological polar surface area (TPSA) is 18.5 Å². The third-order valence-electron chi connectivity index (χ3n) is 3.52. The number of ether oxygens (including phenoxy) is 2. The lowest BCUT2D eigenvalue weighted by Crippen LogP contribution is -2.18. The molecule has 2 nitrogen and oxygen atoms in total. The van der Waals surface area contributed by atoms with Crippen LogP contribution in [0.25, 0.3) is 0 Å². The Bertz CT molecular complexity index is 592. The number of hydrogen-bond donors (Lipinski definition) is 0. The fraction of sp³-hybridized carbons (Fsp3) is 0.294. The molecule has 0 radical (unpaired) electrons. The van der Waals surface area contributed by atoms with Crippen LogP contribution in [0.3, 0.4) is 0 Å². The molecule has 0 saturated carbocycles. The number of rotatable bonds is 3. The minimum absolute atomic E-state index is 0.0491. The van der Waals surface area contributed by atoms with Gasteiger partial charge in [0, 0.05) is 10.0 Å². The third-order valence-corrected chi connectivity index (χ3v) is 4.02. The highest BCUT2D eigenvalue weighted by Crippen LogP contribution is 2.38. The van der Waals surface area contributed by atoms with Crippen LogP contribution in [0.5, 0.6) is 5.75 Å². The van der Waals surface area contributed by atoms with Gasteiger partial charge in [-0.05, 0) is 35.7 Å². The van der Waals surface area contributed by atoms with E-state index >= 15 is 0 Å². The highest BCUT2D eigenvalue weighted by molar-refractivity contribution is 9.10. The summed E-state index contributed by atoms with van der Waals surface area (Å²) in [7, 11) is 0. The summed E-state index contributed by atoms with van der Waals surface area (Å²) in [6.07, 6.45) is 2.24. The summed E-state index contributed by atoms with van der Waals surface area (Å²) < 4.78 is 12.4. The molecule has 0 fully saturated rings. The minimum atomic E-state index is -0.0491. The van der Waals surface area contributed by atoms with E-state index in [0.29, 0.717) is 6.79 Å². The van der Waals surface area contributed by atoms with Gasteiger partial charge in [0.2, 0.25) is 0 Å². The molecule has 104 valence electrons. The van der Waals surface area contributed by atoms with Gasteiger partial charge in [-0.25, -0.2) is 0 Å². The van der Waals surface area contributed by atoms with Gasteiger partial charge in [-0.3, -0.25) is 0 Å². The van der Waals surface area contributed by atoms with E-state index in [1.54, 1.807) is 0 Å². The van der Waals surface area contributed by atoms with E-state index in [4.69, 9.17) is 9.47 Å². The molecule has 0 amide bonds. The lowest BCUT2D eigenvalue weighted by molar-refractivity contribution is -0.0419. The van der Waals surface area contributed by atoms with Crippen molar-refractivity contribution in [2.75, 3.05) is 6.79 Å². The Morgan fingerprint density at radius 2 is 1.95 bits per heavy atom. The van der Waals surface area contributed by atoms with E-state index in [1.165, 1.54) is 17.5 Å². The van der Waals surface area contributed by atoms with Crippen molar-refractivity contribution in [1.29, 1.82) is 0 Å². The van der Waals surface area contributed by atoms with Crippen molar-refractivity contribution in [3.63, 3.8) is 0 Å². The van der Waals surface area contributed by atoms with Crippen LogP contribution in [0, 0.1) is 0 Å². The molecule has 20 heavy (non-hydrogen) atoms. The second kappa shape index (κ2) is 5.98. The second-order valence-electron chi connectivity index (χ2n) is 4.98. The monoisotopic (exact) mass is 332 g/mol. The summed E-state index contributed by atoms with van der Waals surface area (Å²) in [5, 5.41) is 0. The number of hydrogen-bond acceptors (Lipinski definition) is 2. The average molecular weight is 333 g/mol. The van der Waals surface area contributed by atoms with Crippen molar-refractivity contribution in [3.8, 4) is 5.75 Å². The Balaban J connectivity index is 1.93. The Hall–Kier alpha value is -1.32. The highest BCUT2D eigenvalue weighted by Gasteiger charge is 2.23. The van der Waals surface area contributed by atoms with Crippen LogP contribution >= 0.6 is 15.9 Å². The van der Waals surface area contributed by atoms with Gasteiger partial charge in [0.15, 0.2) is 6.79 Å². The lowest BCUT2D eigenvalue weighted by atomic mass is 9.98. The fourth-order valence-electron chi connectivity index (χ4n) is 2.53. The molecular weight excluding hydrogens is 316 g/mol. The normalized spacial score (nSPS) is 17.4. The zero-order chi connectivity index (χ0) is 13.9. The fourth-order valence-corrected chi connectivity index (χ4v) is 2.91.